The molecule has 0 aliphatic heterocycles. The zero-order valence-electron chi connectivity index (χ0n) is 9.30. The van der Waals surface area contributed by atoms with Gasteiger partial charge in [0, 0.05) is 12.7 Å². The summed E-state index contributed by atoms with van der Waals surface area (Å²) in [5.41, 5.74) is 0.900. The van der Waals surface area contributed by atoms with Gasteiger partial charge in [-0.1, -0.05) is 6.07 Å². The minimum atomic E-state index is 0.516. The first kappa shape index (κ1) is 11.9. The van der Waals surface area contributed by atoms with Gasteiger partial charge >= 0.3 is 0 Å². The summed E-state index contributed by atoms with van der Waals surface area (Å²) >= 11 is 6.73. The molecule has 0 saturated heterocycles. The van der Waals surface area contributed by atoms with E-state index in [1.54, 1.807) is 17.5 Å². The average Bonchev–Trinajstić information content (AvgIpc) is 2.83. The minimum absolute atomic E-state index is 0.516. The van der Waals surface area contributed by atoms with Crippen molar-refractivity contribution in [1.82, 2.24) is 15.3 Å². The van der Waals surface area contributed by atoms with Crippen molar-refractivity contribution in [1.29, 1.82) is 0 Å². The maximum absolute atomic E-state index is 5.08. The van der Waals surface area contributed by atoms with Crippen LogP contribution >= 0.6 is 23.6 Å². The molecule has 2 heterocycles. The molecule has 0 aliphatic carbocycles. The molecular weight excluding hydrogens is 252 g/mol. The lowest BCUT2D eigenvalue weighted by molar-refractivity contribution is 0.975. The van der Waals surface area contributed by atoms with Crippen LogP contribution in [0.3, 0.4) is 0 Å². The van der Waals surface area contributed by atoms with Gasteiger partial charge in [-0.3, -0.25) is 0 Å². The predicted octanol–water partition coefficient (Wildman–Crippen LogP) is 2.51. The van der Waals surface area contributed by atoms with E-state index in [4.69, 9.17) is 12.2 Å². The highest BCUT2D eigenvalue weighted by Crippen LogP contribution is 2.22. The maximum atomic E-state index is 5.08. The molecule has 4 nitrogen and oxygen atoms in total. The Morgan fingerprint density at radius 1 is 1.47 bits per heavy atom. The number of aromatic nitrogens is 2. The summed E-state index contributed by atoms with van der Waals surface area (Å²) < 4.78 is 0. The van der Waals surface area contributed by atoms with E-state index in [1.807, 2.05) is 30.5 Å². The van der Waals surface area contributed by atoms with E-state index in [0.29, 0.717) is 11.1 Å². The Kier molecular flexibility index (Phi) is 4.00. The minimum Gasteiger partial charge on any atom is -0.363 e. The molecule has 0 amide bonds. The van der Waals surface area contributed by atoms with Gasteiger partial charge in [-0.05, 0) is 36.7 Å². The van der Waals surface area contributed by atoms with E-state index in [0.717, 1.165) is 17.1 Å². The second-order valence-electron chi connectivity index (χ2n) is 3.23. The van der Waals surface area contributed by atoms with Crippen LogP contribution in [0.4, 0.5) is 5.95 Å². The summed E-state index contributed by atoms with van der Waals surface area (Å²) in [4.78, 5) is 9.64. The molecule has 0 unspecified atom stereocenters. The first-order chi connectivity index (χ1) is 8.29. The molecule has 0 spiro atoms. The van der Waals surface area contributed by atoms with Gasteiger partial charge < -0.3 is 10.6 Å². The fraction of sp³-hybridized carbons (Fsp3) is 0.182. The van der Waals surface area contributed by atoms with Gasteiger partial charge in [0.15, 0.2) is 5.11 Å². The van der Waals surface area contributed by atoms with Crippen molar-refractivity contribution >= 4 is 34.6 Å². The summed E-state index contributed by atoms with van der Waals surface area (Å²) in [5.74, 6) is 0.516. The second-order valence-corrected chi connectivity index (χ2v) is 4.58. The first-order valence-corrected chi connectivity index (χ1v) is 6.50. The summed E-state index contributed by atoms with van der Waals surface area (Å²) in [6.45, 7) is 2.76. The fourth-order valence-electron chi connectivity index (χ4n) is 1.29. The molecule has 0 aromatic carbocycles. The average molecular weight is 264 g/mol. The van der Waals surface area contributed by atoms with Crippen molar-refractivity contribution in [3.8, 4) is 10.6 Å². The third-order valence-corrected chi connectivity index (χ3v) is 3.13. The predicted molar refractivity (Wildman–Crippen MR) is 75.2 cm³/mol. The Hall–Kier alpha value is -1.53. The van der Waals surface area contributed by atoms with E-state index in [1.165, 1.54) is 0 Å². The molecule has 2 rings (SSSR count). The van der Waals surface area contributed by atoms with Crippen molar-refractivity contribution < 1.29 is 0 Å². The number of thiocarbonyl (C=S) groups is 1. The van der Waals surface area contributed by atoms with Gasteiger partial charge in [0.25, 0.3) is 0 Å². The Labute approximate surface area is 109 Å². The highest BCUT2D eigenvalue weighted by Gasteiger charge is 2.03. The lowest BCUT2D eigenvalue weighted by Crippen LogP contribution is -2.28. The zero-order chi connectivity index (χ0) is 12.1. The van der Waals surface area contributed by atoms with Crippen LogP contribution in [0, 0.1) is 0 Å². The van der Waals surface area contributed by atoms with Crippen LogP contribution in [0.2, 0.25) is 0 Å². The molecule has 6 heteroatoms. The van der Waals surface area contributed by atoms with Crippen LogP contribution < -0.4 is 10.6 Å². The smallest absolute Gasteiger partial charge is 0.229 e. The van der Waals surface area contributed by atoms with E-state index >= 15 is 0 Å². The normalized spacial score (nSPS) is 9.94. The van der Waals surface area contributed by atoms with Crippen LogP contribution in [-0.4, -0.2) is 21.6 Å². The van der Waals surface area contributed by atoms with E-state index in [9.17, 15) is 0 Å². The largest absolute Gasteiger partial charge is 0.363 e. The quantitative estimate of drug-likeness (QED) is 0.834. The Balaban J connectivity index is 2.15. The van der Waals surface area contributed by atoms with Crippen molar-refractivity contribution in [3.05, 3.63) is 29.8 Å². The molecule has 0 fully saturated rings. The molecule has 17 heavy (non-hydrogen) atoms. The lowest BCUT2D eigenvalue weighted by atomic mass is 10.3. The van der Waals surface area contributed by atoms with Crippen LogP contribution in [0.25, 0.3) is 10.6 Å². The third-order valence-electron chi connectivity index (χ3n) is 1.99. The first-order valence-electron chi connectivity index (χ1n) is 5.21. The van der Waals surface area contributed by atoms with Gasteiger partial charge in [-0.2, -0.15) is 0 Å². The Bertz CT molecular complexity index is 496. The van der Waals surface area contributed by atoms with Crippen molar-refractivity contribution in [2.45, 2.75) is 6.92 Å². The number of nitrogens with one attached hydrogen (secondary N) is 2. The van der Waals surface area contributed by atoms with Crippen LogP contribution in [-0.2, 0) is 0 Å². The van der Waals surface area contributed by atoms with Gasteiger partial charge in [-0.15, -0.1) is 11.3 Å². The van der Waals surface area contributed by atoms with E-state index in [-0.39, 0.29) is 0 Å². The van der Waals surface area contributed by atoms with E-state index < -0.39 is 0 Å². The van der Waals surface area contributed by atoms with Gasteiger partial charge in [0.1, 0.15) is 0 Å². The summed E-state index contributed by atoms with van der Waals surface area (Å²) in [6, 6.07) is 5.91. The topological polar surface area (TPSA) is 49.8 Å². The maximum Gasteiger partial charge on any atom is 0.229 e. The third kappa shape index (κ3) is 3.21. The lowest BCUT2D eigenvalue weighted by Gasteiger charge is -2.07. The summed E-state index contributed by atoms with van der Waals surface area (Å²) in [7, 11) is 0. The molecule has 0 saturated carbocycles. The molecule has 2 N–H and O–H groups in total. The number of anilines is 1. The van der Waals surface area contributed by atoms with Crippen molar-refractivity contribution in [3.63, 3.8) is 0 Å². The molecule has 0 atom stereocenters. The molecular formula is C11H12N4S2. The number of thiophene rings is 1. The standard InChI is InChI=1S/C11H12N4S2/c1-2-12-11(16)15-10-13-6-5-8(14-10)9-4-3-7-17-9/h3-7H,2H2,1H3,(H2,12,13,14,15,16). The van der Waals surface area contributed by atoms with Gasteiger partial charge in [-0.25, -0.2) is 9.97 Å². The summed E-state index contributed by atoms with van der Waals surface area (Å²) in [6.07, 6.45) is 1.72. The number of nitrogens with zero attached hydrogens (tertiary/aromatic N) is 2. The highest BCUT2D eigenvalue weighted by molar-refractivity contribution is 7.80. The zero-order valence-corrected chi connectivity index (χ0v) is 10.9. The van der Waals surface area contributed by atoms with Crippen LogP contribution in [0.1, 0.15) is 6.92 Å². The summed E-state index contributed by atoms with van der Waals surface area (Å²) in [5, 5.41) is 8.50. The highest BCUT2D eigenvalue weighted by atomic mass is 32.1. The molecule has 2 aromatic rings. The SMILES string of the molecule is CCNC(=S)Nc1nccc(-c2cccs2)n1. The second kappa shape index (κ2) is 5.70. The van der Waals surface area contributed by atoms with E-state index in [2.05, 4.69) is 20.6 Å². The van der Waals surface area contributed by atoms with Crippen molar-refractivity contribution in [2.24, 2.45) is 0 Å². The molecule has 0 aliphatic rings. The molecule has 0 radical (unpaired) electrons. The molecule has 0 bridgehead atoms. The van der Waals surface area contributed by atoms with Crippen molar-refractivity contribution in [2.75, 3.05) is 11.9 Å². The monoisotopic (exact) mass is 264 g/mol. The van der Waals surface area contributed by atoms with Gasteiger partial charge in [0.05, 0.1) is 10.6 Å². The van der Waals surface area contributed by atoms with Crippen LogP contribution in [0.5, 0.6) is 0 Å². The molecule has 88 valence electrons. The van der Waals surface area contributed by atoms with Gasteiger partial charge in [0.2, 0.25) is 5.95 Å². The fourth-order valence-corrected chi connectivity index (χ4v) is 2.22. The Morgan fingerprint density at radius 2 is 2.35 bits per heavy atom. The molecule has 2 aromatic heterocycles. The van der Waals surface area contributed by atoms with Crippen LogP contribution in [0.15, 0.2) is 29.8 Å². The number of rotatable bonds is 3. The number of hydrogen-bond donors (Lipinski definition) is 2. The number of hydrogen-bond acceptors (Lipinski definition) is 4. The Morgan fingerprint density at radius 3 is 3.06 bits per heavy atom.